The molecule has 2 aliphatic heterocycles. The average Bonchev–Trinajstić information content (AvgIpc) is 3.06. The summed E-state index contributed by atoms with van der Waals surface area (Å²) >= 11 is 6.97. The maximum absolute atomic E-state index is 6.97. The summed E-state index contributed by atoms with van der Waals surface area (Å²) in [6.07, 6.45) is 9.08. The van der Waals surface area contributed by atoms with Crippen LogP contribution in [0, 0.1) is 11.8 Å². The molecule has 0 saturated carbocycles. The van der Waals surface area contributed by atoms with Crippen molar-refractivity contribution in [3.8, 4) is 11.1 Å². The second-order valence-corrected chi connectivity index (χ2v) is 9.28. The Bertz CT molecular complexity index is 971. The van der Waals surface area contributed by atoms with Crippen molar-refractivity contribution in [2.24, 2.45) is 22.6 Å². The first-order chi connectivity index (χ1) is 15.7. The van der Waals surface area contributed by atoms with Crippen LogP contribution in [0.25, 0.3) is 11.1 Å². The zero-order valence-corrected chi connectivity index (χ0v) is 19.7. The largest absolute Gasteiger partial charge is 0.387 e. The summed E-state index contributed by atoms with van der Waals surface area (Å²) in [6, 6.07) is 15.2. The number of hydrogen-bond donors (Lipinski definition) is 2. The summed E-state index contributed by atoms with van der Waals surface area (Å²) in [7, 11) is 1.75. The van der Waals surface area contributed by atoms with Crippen molar-refractivity contribution in [3.05, 3.63) is 70.9 Å². The number of aliphatic imine (C=N–C) groups is 1. The van der Waals surface area contributed by atoms with Crippen LogP contribution in [0.3, 0.4) is 0 Å². The van der Waals surface area contributed by atoms with Gasteiger partial charge in [-0.15, -0.1) is 0 Å². The summed E-state index contributed by atoms with van der Waals surface area (Å²) in [5.74, 6) is 1.85. The molecule has 4 rings (SSSR count). The van der Waals surface area contributed by atoms with E-state index in [1.54, 1.807) is 7.11 Å². The minimum atomic E-state index is 0.280. The van der Waals surface area contributed by atoms with Crippen LogP contribution in [-0.4, -0.2) is 32.6 Å². The highest BCUT2D eigenvalue weighted by molar-refractivity contribution is 6.31. The van der Waals surface area contributed by atoms with Crippen LogP contribution in [-0.2, 0) is 11.2 Å². The van der Waals surface area contributed by atoms with Crippen molar-refractivity contribution in [3.63, 3.8) is 0 Å². The van der Waals surface area contributed by atoms with Crippen molar-refractivity contribution in [2.75, 3.05) is 26.8 Å². The van der Waals surface area contributed by atoms with Gasteiger partial charge in [0.2, 0.25) is 0 Å². The molecule has 5 heteroatoms. The molecule has 1 saturated heterocycles. The van der Waals surface area contributed by atoms with Crippen LogP contribution < -0.4 is 11.1 Å². The molecule has 0 bridgehead atoms. The normalized spacial score (nSPS) is 23.6. The lowest BCUT2D eigenvalue weighted by Crippen LogP contribution is -2.34. The Morgan fingerprint density at radius 1 is 1.12 bits per heavy atom. The molecule has 0 radical (unpaired) electrons. The van der Waals surface area contributed by atoms with E-state index < -0.39 is 0 Å². The lowest BCUT2D eigenvalue weighted by atomic mass is 9.73. The third-order valence-corrected chi connectivity index (χ3v) is 7.27. The van der Waals surface area contributed by atoms with E-state index in [1.165, 1.54) is 22.3 Å². The predicted octanol–water partition coefficient (Wildman–Crippen LogP) is 5.56. The fourth-order valence-corrected chi connectivity index (χ4v) is 5.63. The van der Waals surface area contributed by atoms with Gasteiger partial charge in [0.1, 0.15) is 5.84 Å². The highest BCUT2D eigenvalue weighted by Gasteiger charge is 2.34. The molecule has 2 aromatic carbocycles. The molecule has 3 N–H and O–H groups in total. The highest BCUT2D eigenvalue weighted by Crippen LogP contribution is 2.42. The molecule has 32 heavy (non-hydrogen) atoms. The van der Waals surface area contributed by atoms with Gasteiger partial charge in [-0.2, -0.15) is 0 Å². The molecule has 1 fully saturated rings. The number of hydrogen-bond acceptors (Lipinski definition) is 4. The molecule has 0 amide bonds. The Labute approximate surface area is 196 Å². The summed E-state index contributed by atoms with van der Waals surface area (Å²) in [4.78, 5) is 4.41. The van der Waals surface area contributed by atoms with Gasteiger partial charge in [-0.25, -0.2) is 4.99 Å². The van der Waals surface area contributed by atoms with E-state index in [0.29, 0.717) is 11.8 Å². The monoisotopic (exact) mass is 451 g/mol. The van der Waals surface area contributed by atoms with Crippen LogP contribution >= 0.6 is 11.6 Å². The first-order valence-electron chi connectivity index (χ1n) is 11.7. The van der Waals surface area contributed by atoms with E-state index >= 15 is 0 Å². The summed E-state index contributed by atoms with van der Waals surface area (Å²) in [6.45, 7) is 2.79. The zero-order chi connectivity index (χ0) is 22.3. The molecule has 3 unspecified atom stereocenters. The standard InChI is InChI=1S/C27H34ClN3O/c1-32-17-5-7-19-6-2-3-8-21(19)20-10-11-24(26(28)18-20)22-12-15-30-16-13-23(22)25-9-4-14-31-27(25)29/h2-4,6,8,10-11,14,18,22-23,25,30H,5,7,9,12-13,15-17H2,1H3,(H2,29,31). The third kappa shape index (κ3) is 5.25. The number of nitrogens with zero attached hydrogens (tertiary/aromatic N) is 1. The Morgan fingerprint density at radius 2 is 1.97 bits per heavy atom. The molecule has 2 aliphatic rings. The van der Waals surface area contributed by atoms with Gasteiger partial charge in [-0.1, -0.05) is 54.1 Å². The number of methoxy groups -OCH3 is 1. The number of nitrogens with two attached hydrogens (primary N) is 1. The van der Waals surface area contributed by atoms with Crippen LogP contribution in [0.5, 0.6) is 0 Å². The molecule has 3 atom stereocenters. The topological polar surface area (TPSA) is 59.6 Å². The summed E-state index contributed by atoms with van der Waals surface area (Å²) in [5, 5.41) is 4.42. The molecule has 170 valence electrons. The first-order valence-corrected chi connectivity index (χ1v) is 12.1. The SMILES string of the molecule is COCCCc1ccccc1-c1ccc(C2CCNCCC2C2CC=CN=C2N)c(Cl)c1. The number of aryl methyl sites for hydroxylation is 1. The highest BCUT2D eigenvalue weighted by atomic mass is 35.5. The Balaban J connectivity index is 1.62. The minimum absolute atomic E-state index is 0.280. The van der Waals surface area contributed by atoms with Gasteiger partial charge in [0.15, 0.2) is 0 Å². The fourth-order valence-electron chi connectivity index (χ4n) is 5.31. The second-order valence-electron chi connectivity index (χ2n) is 8.87. The number of allylic oxidation sites excluding steroid dienone is 1. The second kappa shape index (κ2) is 11.1. The van der Waals surface area contributed by atoms with Crippen molar-refractivity contribution >= 4 is 17.4 Å². The lowest BCUT2D eigenvalue weighted by molar-refractivity contribution is 0.195. The van der Waals surface area contributed by atoms with Gasteiger partial charge in [0.05, 0.1) is 0 Å². The number of halogens is 1. The van der Waals surface area contributed by atoms with E-state index in [2.05, 4.69) is 58.8 Å². The lowest BCUT2D eigenvalue weighted by Gasteiger charge is -2.33. The molecule has 4 nitrogen and oxygen atoms in total. The number of ether oxygens (including phenoxy) is 1. The van der Waals surface area contributed by atoms with E-state index in [0.717, 1.165) is 62.7 Å². The van der Waals surface area contributed by atoms with Crippen molar-refractivity contribution in [1.82, 2.24) is 5.32 Å². The number of rotatable bonds is 7. The molecular formula is C27H34ClN3O. The van der Waals surface area contributed by atoms with Gasteiger partial charge in [-0.3, -0.25) is 0 Å². The molecule has 2 aromatic rings. The van der Waals surface area contributed by atoms with Crippen molar-refractivity contribution in [1.29, 1.82) is 0 Å². The van der Waals surface area contributed by atoms with E-state index in [4.69, 9.17) is 22.1 Å². The van der Waals surface area contributed by atoms with E-state index in [1.807, 2.05) is 6.20 Å². The van der Waals surface area contributed by atoms with Crippen LogP contribution in [0.4, 0.5) is 0 Å². The van der Waals surface area contributed by atoms with Gasteiger partial charge >= 0.3 is 0 Å². The molecule has 0 spiro atoms. The maximum Gasteiger partial charge on any atom is 0.103 e. The van der Waals surface area contributed by atoms with Crippen molar-refractivity contribution < 1.29 is 4.74 Å². The molecule has 2 heterocycles. The van der Waals surface area contributed by atoms with Gasteiger partial charge in [0, 0.05) is 30.9 Å². The van der Waals surface area contributed by atoms with Crippen LogP contribution in [0.1, 0.15) is 42.7 Å². The first kappa shape index (κ1) is 23.0. The predicted molar refractivity (Wildman–Crippen MR) is 134 cm³/mol. The quantitative estimate of drug-likeness (QED) is 0.542. The van der Waals surface area contributed by atoms with Gasteiger partial charge < -0.3 is 15.8 Å². The maximum atomic E-state index is 6.97. The number of nitrogens with one attached hydrogen (secondary N) is 1. The average molecular weight is 452 g/mol. The van der Waals surface area contributed by atoms with E-state index in [9.17, 15) is 0 Å². The fraction of sp³-hybridized carbons (Fsp3) is 0.444. The molecular weight excluding hydrogens is 418 g/mol. The smallest absolute Gasteiger partial charge is 0.103 e. The summed E-state index contributed by atoms with van der Waals surface area (Å²) in [5.41, 5.74) is 11.3. The van der Waals surface area contributed by atoms with Crippen LogP contribution in [0.2, 0.25) is 5.02 Å². The number of benzene rings is 2. The number of amidine groups is 1. The zero-order valence-electron chi connectivity index (χ0n) is 18.9. The van der Waals surface area contributed by atoms with Gasteiger partial charge in [-0.05, 0) is 85.3 Å². The van der Waals surface area contributed by atoms with E-state index in [-0.39, 0.29) is 5.92 Å². The Morgan fingerprint density at radius 3 is 2.78 bits per heavy atom. The Hall–Kier alpha value is -2.14. The molecule has 0 aromatic heterocycles. The minimum Gasteiger partial charge on any atom is -0.387 e. The third-order valence-electron chi connectivity index (χ3n) is 6.94. The van der Waals surface area contributed by atoms with Gasteiger partial charge in [0.25, 0.3) is 0 Å². The summed E-state index contributed by atoms with van der Waals surface area (Å²) < 4.78 is 5.24. The van der Waals surface area contributed by atoms with Crippen LogP contribution in [0.15, 0.2) is 59.7 Å². The Kier molecular flexibility index (Phi) is 8.01. The van der Waals surface area contributed by atoms with Crippen molar-refractivity contribution in [2.45, 2.75) is 38.0 Å². The molecule has 0 aliphatic carbocycles.